The molecule has 176 valence electrons. The average Bonchev–Trinajstić information content (AvgIpc) is 3.39. The fourth-order valence-corrected chi connectivity index (χ4v) is 5.26. The minimum Gasteiger partial charge on any atom is -0.338 e. The molecule has 5 rings (SSSR count). The van der Waals surface area contributed by atoms with Crippen LogP contribution in [0.3, 0.4) is 0 Å². The number of likely N-dealkylation sites (tertiary alicyclic amines) is 2. The van der Waals surface area contributed by atoms with Crippen molar-refractivity contribution in [2.75, 3.05) is 26.2 Å². The lowest BCUT2D eigenvalue weighted by molar-refractivity contribution is 0.0703. The molecule has 0 bridgehead atoms. The van der Waals surface area contributed by atoms with Gasteiger partial charge in [-0.3, -0.25) is 14.7 Å². The first-order chi connectivity index (χ1) is 16.7. The van der Waals surface area contributed by atoms with Crippen LogP contribution < -0.4 is 0 Å². The van der Waals surface area contributed by atoms with Gasteiger partial charge in [-0.1, -0.05) is 36.4 Å². The minimum atomic E-state index is -0.223. The van der Waals surface area contributed by atoms with Crippen LogP contribution in [-0.4, -0.2) is 46.9 Å². The highest BCUT2D eigenvalue weighted by Gasteiger charge is 2.28. The molecule has 0 N–H and O–H groups in total. The van der Waals surface area contributed by atoms with Crippen molar-refractivity contribution in [2.24, 2.45) is 0 Å². The first-order valence-electron chi connectivity index (χ1n) is 12.5. The van der Waals surface area contributed by atoms with Gasteiger partial charge in [0.2, 0.25) is 0 Å². The van der Waals surface area contributed by atoms with E-state index in [1.54, 1.807) is 0 Å². The number of halogens is 1. The molecule has 0 spiro atoms. The zero-order valence-corrected chi connectivity index (χ0v) is 19.6. The SMILES string of the molecule is O=C(c1ccccc1CN1CCCC1)N1CCCC(c2cccc(Cc3ccc(F)cc3)n2)C1. The van der Waals surface area contributed by atoms with Crippen LogP contribution in [0.25, 0.3) is 0 Å². The summed E-state index contributed by atoms with van der Waals surface area (Å²) >= 11 is 0. The molecule has 5 heteroatoms. The third kappa shape index (κ3) is 5.36. The van der Waals surface area contributed by atoms with E-state index in [-0.39, 0.29) is 17.6 Å². The number of nitrogens with zero attached hydrogens (tertiary/aromatic N) is 3. The minimum absolute atomic E-state index is 0.141. The summed E-state index contributed by atoms with van der Waals surface area (Å²) in [4.78, 5) is 23.0. The van der Waals surface area contributed by atoms with Crippen LogP contribution in [-0.2, 0) is 13.0 Å². The molecular formula is C29H32FN3O. The lowest BCUT2D eigenvalue weighted by atomic mass is 9.93. The van der Waals surface area contributed by atoms with Crippen LogP contribution in [0.15, 0.2) is 66.7 Å². The van der Waals surface area contributed by atoms with E-state index in [1.165, 1.54) is 25.0 Å². The zero-order valence-electron chi connectivity index (χ0n) is 19.6. The smallest absolute Gasteiger partial charge is 0.254 e. The zero-order chi connectivity index (χ0) is 23.3. The van der Waals surface area contributed by atoms with Crippen molar-refractivity contribution in [3.05, 3.63) is 101 Å². The molecule has 0 aliphatic carbocycles. The summed E-state index contributed by atoms with van der Waals surface area (Å²) in [6.45, 7) is 4.58. The van der Waals surface area contributed by atoms with Gasteiger partial charge >= 0.3 is 0 Å². The third-order valence-electron chi connectivity index (χ3n) is 7.09. The molecule has 1 aromatic heterocycles. The molecule has 2 aliphatic heterocycles. The molecule has 3 heterocycles. The molecule has 3 aromatic rings. The van der Waals surface area contributed by atoms with Gasteiger partial charge in [-0.05, 0) is 80.2 Å². The normalized spacial score (nSPS) is 18.9. The molecule has 4 nitrogen and oxygen atoms in total. The highest BCUT2D eigenvalue weighted by molar-refractivity contribution is 5.95. The molecule has 1 amide bonds. The van der Waals surface area contributed by atoms with Crippen molar-refractivity contribution in [3.8, 4) is 0 Å². The van der Waals surface area contributed by atoms with E-state index in [9.17, 15) is 9.18 Å². The Morgan fingerprint density at radius 3 is 2.53 bits per heavy atom. The number of aromatic nitrogens is 1. The first kappa shape index (κ1) is 22.7. The van der Waals surface area contributed by atoms with Crippen molar-refractivity contribution in [1.82, 2.24) is 14.8 Å². The standard InChI is InChI=1S/C29H32FN3O/c30-25-14-12-22(13-15-25)19-26-9-5-11-28(31-26)24-8-6-18-33(21-24)29(34)27-10-2-1-7-23(27)20-32-16-3-4-17-32/h1-2,5,7,9-15,24H,3-4,6,8,16-21H2. The number of rotatable bonds is 6. The van der Waals surface area contributed by atoms with Crippen LogP contribution in [0, 0.1) is 5.82 Å². The monoisotopic (exact) mass is 457 g/mol. The highest BCUT2D eigenvalue weighted by Crippen LogP contribution is 2.28. The Morgan fingerprint density at radius 1 is 0.912 bits per heavy atom. The van der Waals surface area contributed by atoms with E-state index in [0.29, 0.717) is 13.0 Å². The van der Waals surface area contributed by atoms with Crippen LogP contribution in [0.2, 0.25) is 0 Å². The largest absolute Gasteiger partial charge is 0.338 e. The number of carbonyl (C=O) groups excluding carboxylic acids is 1. The first-order valence-corrected chi connectivity index (χ1v) is 12.5. The highest BCUT2D eigenvalue weighted by atomic mass is 19.1. The summed E-state index contributed by atoms with van der Waals surface area (Å²) < 4.78 is 13.2. The van der Waals surface area contributed by atoms with Gasteiger partial charge in [-0.2, -0.15) is 0 Å². The van der Waals surface area contributed by atoms with Gasteiger partial charge in [-0.15, -0.1) is 0 Å². The van der Waals surface area contributed by atoms with Gasteiger partial charge in [-0.25, -0.2) is 4.39 Å². The number of hydrogen-bond donors (Lipinski definition) is 0. The number of amides is 1. The van der Waals surface area contributed by atoms with Crippen LogP contribution in [0.5, 0.6) is 0 Å². The van der Waals surface area contributed by atoms with E-state index in [4.69, 9.17) is 4.98 Å². The van der Waals surface area contributed by atoms with Crippen molar-refractivity contribution < 1.29 is 9.18 Å². The Bertz CT molecular complexity index is 1120. The van der Waals surface area contributed by atoms with Gasteiger partial charge in [0.25, 0.3) is 5.91 Å². The van der Waals surface area contributed by atoms with Crippen LogP contribution in [0.1, 0.15) is 64.5 Å². The number of pyridine rings is 1. The van der Waals surface area contributed by atoms with E-state index in [1.807, 2.05) is 47.4 Å². The van der Waals surface area contributed by atoms with Crippen molar-refractivity contribution in [3.63, 3.8) is 0 Å². The fraction of sp³-hybridized carbons (Fsp3) is 0.379. The molecule has 1 unspecified atom stereocenters. The van der Waals surface area contributed by atoms with Gasteiger partial charge < -0.3 is 4.90 Å². The van der Waals surface area contributed by atoms with Crippen molar-refractivity contribution >= 4 is 5.91 Å². The number of piperidine rings is 1. The van der Waals surface area contributed by atoms with Gasteiger partial charge in [0.15, 0.2) is 0 Å². The second-order valence-corrected chi connectivity index (χ2v) is 9.59. The predicted octanol–water partition coefficient (Wildman–Crippen LogP) is 5.43. The molecule has 2 fully saturated rings. The van der Waals surface area contributed by atoms with E-state index in [0.717, 1.165) is 67.1 Å². The number of hydrogen-bond acceptors (Lipinski definition) is 3. The van der Waals surface area contributed by atoms with Gasteiger partial charge in [0.05, 0.1) is 0 Å². The predicted molar refractivity (Wildman–Crippen MR) is 132 cm³/mol. The van der Waals surface area contributed by atoms with Crippen LogP contribution >= 0.6 is 0 Å². The summed E-state index contributed by atoms with van der Waals surface area (Å²) in [6.07, 6.45) is 5.18. The van der Waals surface area contributed by atoms with E-state index in [2.05, 4.69) is 17.0 Å². The molecule has 0 radical (unpaired) electrons. The lowest BCUT2D eigenvalue weighted by Crippen LogP contribution is -2.40. The topological polar surface area (TPSA) is 36.4 Å². The molecule has 34 heavy (non-hydrogen) atoms. The maximum Gasteiger partial charge on any atom is 0.254 e. The number of carbonyl (C=O) groups is 1. The Morgan fingerprint density at radius 2 is 1.71 bits per heavy atom. The van der Waals surface area contributed by atoms with E-state index >= 15 is 0 Å². The number of benzene rings is 2. The molecule has 2 aromatic carbocycles. The Balaban J connectivity index is 1.29. The molecular weight excluding hydrogens is 425 g/mol. The Labute approximate surface area is 201 Å². The molecule has 2 saturated heterocycles. The summed E-state index contributed by atoms with van der Waals surface area (Å²) in [5, 5.41) is 0. The molecule has 2 aliphatic rings. The Hall–Kier alpha value is -3.05. The lowest BCUT2D eigenvalue weighted by Gasteiger charge is -2.33. The van der Waals surface area contributed by atoms with Gasteiger partial charge in [0.1, 0.15) is 5.82 Å². The summed E-state index contributed by atoms with van der Waals surface area (Å²) in [5.41, 5.74) is 5.04. The van der Waals surface area contributed by atoms with Gasteiger partial charge in [0, 0.05) is 48.9 Å². The molecule has 0 saturated carbocycles. The fourth-order valence-electron chi connectivity index (χ4n) is 5.26. The van der Waals surface area contributed by atoms with Crippen molar-refractivity contribution in [1.29, 1.82) is 0 Å². The molecule has 1 atom stereocenters. The second-order valence-electron chi connectivity index (χ2n) is 9.59. The summed E-state index contributed by atoms with van der Waals surface area (Å²) in [6, 6.07) is 20.9. The summed E-state index contributed by atoms with van der Waals surface area (Å²) in [5.74, 6) is 0.151. The summed E-state index contributed by atoms with van der Waals surface area (Å²) in [7, 11) is 0. The van der Waals surface area contributed by atoms with Crippen molar-refractivity contribution in [2.45, 2.75) is 44.6 Å². The maximum absolute atomic E-state index is 13.6. The van der Waals surface area contributed by atoms with E-state index < -0.39 is 0 Å². The van der Waals surface area contributed by atoms with Crippen LogP contribution in [0.4, 0.5) is 4.39 Å². The Kier molecular flexibility index (Phi) is 7.00. The maximum atomic E-state index is 13.6. The third-order valence-corrected chi connectivity index (χ3v) is 7.09. The second kappa shape index (κ2) is 10.5. The average molecular weight is 458 g/mol. The quantitative estimate of drug-likeness (QED) is 0.495.